The molecule has 0 spiro atoms. The van der Waals surface area contributed by atoms with Gasteiger partial charge in [-0.15, -0.1) is 0 Å². The quantitative estimate of drug-likeness (QED) is 0.858. The van der Waals surface area contributed by atoms with Crippen LogP contribution in [0.2, 0.25) is 0 Å². The number of hydrogen-bond acceptors (Lipinski definition) is 3. The number of benzene rings is 1. The molecule has 2 N–H and O–H groups in total. The second-order valence-electron chi connectivity index (χ2n) is 5.06. The highest BCUT2D eigenvalue weighted by atomic mass is 16.6. The molecule has 0 radical (unpaired) electrons. The summed E-state index contributed by atoms with van der Waals surface area (Å²) in [6.07, 6.45) is 4.70. The van der Waals surface area contributed by atoms with Gasteiger partial charge in [0.15, 0.2) is 0 Å². The Labute approximate surface area is 106 Å². The van der Waals surface area contributed by atoms with Gasteiger partial charge in [-0.3, -0.25) is 4.79 Å². The van der Waals surface area contributed by atoms with Gasteiger partial charge in [-0.2, -0.15) is 0 Å². The maximum absolute atomic E-state index is 11.9. The number of oxime groups is 1. The number of carbonyl (C=O) groups is 1. The van der Waals surface area contributed by atoms with Gasteiger partial charge in [-0.1, -0.05) is 29.4 Å². The number of fused-ring (bicyclic) bond motifs is 1. The van der Waals surface area contributed by atoms with Gasteiger partial charge in [-0.25, -0.2) is 0 Å². The first-order chi connectivity index (χ1) is 8.74. The molecule has 0 saturated heterocycles. The van der Waals surface area contributed by atoms with Crippen LogP contribution in [0.3, 0.4) is 0 Å². The molecule has 1 heterocycles. The molecule has 0 fully saturated rings. The summed E-state index contributed by atoms with van der Waals surface area (Å²) in [7, 11) is 0. The summed E-state index contributed by atoms with van der Waals surface area (Å²) in [6, 6.07) is 8.27. The molecule has 1 aromatic rings. The fourth-order valence-corrected chi connectivity index (χ4v) is 3.10. The molecular weight excluding hydrogens is 228 g/mol. The maximum Gasteiger partial charge on any atom is 0.233 e. The van der Waals surface area contributed by atoms with Crippen molar-refractivity contribution in [3.63, 3.8) is 0 Å². The minimum absolute atomic E-state index is 0.0891. The number of aryl methyl sites for hydroxylation is 1. The molecule has 4 heteroatoms. The Morgan fingerprint density at radius 3 is 3.00 bits per heavy atom. The van der Waals surface area contributed by atoms with Gasteiger partial charge < -0.3 is 10.6 Å². The van der Waals surface area contributed by atoms with Gasteiger partial charge in [0, 0.05) is 5.92 Å². The molecular formula is C14H16N2O2. The summed E-state index contributed by atoms with van der Waals surface area (Å²) in [5.74, 6) is -0.253. The van der Waals surface area contributed by atoms with Crippen molar-refractivity contribution >= 4 is 12.1 Å². The lowest BCUT2D eigenvalue weighted by molar-refractivity contribution is -0.126. The predicted octanol–water partition coefficient (Wildman–Crippen LogP) is 1.59. The lowest BCUT2D eigenvalue weighted by Gasteiger charge is -2.35. The van der Waals surface area contributed by atoms with E-state index in [1.54, 1.807) is 6.21 Å². The summed E-state index contributed by atoms with van der Waals surface area (Å²) < 4.78 is 0. The van der Waals surface area contributed by atoms with E-state index in [0.29, 0.717) is 0 Å². The van der Waals surface area contributed by atoms with Gasteiger partial charge in [0.2, 0.25) is 5.91 Å². The van der Waals surface area contributed by atoms with Crippen molar-refractivity contribution in [2.45, 2.75) is 25.2 Å². The third-order valence-electron chi connectivity index (χ3n) is 4.11. The van der Waals surface area contributed by atoms with Crippen LogP contribution in [-0.2, 0) is 16.1 Å². The molecule has 2 atom stereocenters. The monoisotopic (exact) mass is 244 g/mol. The normalized spacial score (nSPS) is 29.7. The zero-order chi connectivity index (χ0) is 12.6. The van der Waals surface area contributed by atoms with Crippen molar-refractivity contribution in [3.8, 4) is 0 Å². The summed E-state index contributed by atoms with van der Waals surface area (Å²) in [5, 5.41) is 3.78. The molecule has 3 rings (SSSR count). The third-order valence-corrected chi connectivity index (χ3v) is 4.11. The highest BCUT2D eigenvalue weighted by molar-refractivity contribution is 5.99. The number of nitrogens with two attached hydrogens (primary N) is 1. The maximum atomic E-state index is 11.9. The van der Waals surface area contributed by atoms with Crippen LogP contribution in [-0.4, -0.2) is 18.7 Å². The van der Waals surface area contributed by atoms with Crippen LogP contribution in [0.5, 0.6) is 0 Å². The highest BCUT2D eigenvalue weighted by Crippen LogP contribution is 2.44. The molecule has 94 valence electrons. The van der Waals surface area contributed by atoms with Crippen molar-refractivity contribution in [1.29, 1.82) is 0 Å². The second-order valence-corrected chi connectivity index (χ2v) is 5.06. The summed E-state index contributed by atoms with van der Waals surface area (Å²) in [5.41, 5.74) is 7.38. The highest BCUT2D eigenvalue weighted by Gasteiger charge is 2.48. The lowest BCUT2D eigenvalue weighted by Crippen LogP contribution is -2.45. The molecule has 0 aromatic heterocycles. The Morgan fingerprint density at radius 1 is 1.44 bits per heavy atom. The smallest absolute Gasteiger partial charge is 0.233 e. The number of primary amides is 1. The first-order valence-corrected chi connectivity index (χ1v) is 6.28. The van der Waals surface area contributed by atoms with Crippen LogP contribution in [0.4, 0.5) is 0 Å². The van der Waals surface area contributed by atoms with Gasteiger partial charge in [0.1, 0.15) is 12.0 Å². The van der Waals surface area contributed by atoms with E-state index in [0.717, 1.165) is 19.3 Å². The average molecular weight is 244 g/mol. The van der Waals surface area contributed by atoms with Crippen LogP contribution in [0.1, 0.15) is 29.9 Å². The van der Waals surface area contributed by atoms with E-state index >= 15 is 0 Å². The molecule has 18 heavy (non-hydrogen) atoms. The summed E-state index contributed by atoms with van der Waals surface area (Å²) in [4.78, 5) is 16.9. The van der Waals surface area contributed by atoms with Crippen molar-refractivity contribution in [1.82, 2.24) is 0 Å². The van der Waals surface area contributed by atoms with Crippen molar-refractivity contribution in [3.05, 3.63) is 35.4 Å². The minimum atomic E-state index is -0.767. The Morgan fingerprint density at radius 2 is 2.28 bits per heavy atom. The lowest BCUT2D eigenvalue weighted by atomic mass is 9.67. The molecule has 4 nitrogen and oxygen atoms in total. The van der Waals surface area contributed by atoms with E-state index < -0.39 is 5.41 Å². The van der Waals surface area contributed by atoms with Crippen molar-refractivity contribution < 1.29 is 9.63 Å². The van der Waals surface area contributed by atoms with Crippen LogP contribution in [0, 0.1) is 5.41 Å². The van der Waals surface area contributed by atoms with Crippen molar-refractivity contribution in [2.24, 2.45) is 16.3 Å². The van der Waals surface area contributed by atoms with Crippen LogP contribution in [0.15, 0.2) is 29.4 Å². The van der Waals surface area contributed by atoms with Gasteiger partial charge >= 0.3 is 0 Å². The van der Waals surface area contributed by atoms with Gasteiger partial charge in [0.05, 0.1) is 6.21 Å². The van der Waals surface area contributed by atoms with Crippen LogP contribution < -0.4 is 5.73 Å². The Balaban J connectivity index is 2.08. The zero-order valence-corrected chi connectivity index (χ0v) is 10.1. The summed E-state index contributed by atoms with van der Waals surface area (Å²) in [6.45, 7) is 0.265. The largest absolute Gasteiger partial charge is 0.394 e. The van der Waals surface area contributed by atoms with Crippen LogP contribution in [0.25, 0.3) is 0 Å². The zero-order valence-electron chi connectivity index (χ0n) is 10.1. The predicted molar refractivity (Wildman–Crippen MR) is 68.2 cm³/mol. The first kappa shape index (κ1) is 11.3. The van der Waals surface area contributed by atoms with Crippen molar-refractivity contribution in [2.75, 3.05) is 6.61 Å². The van der Waals surface area contributed by atoms with Crippen LogP contribution >= 0.6 is 0 Å². The molecule has 1 amide bonds. The number of nitrogens with zero attached hydrogens (tertiary/aromatic N) is 1. The Hall–Kier alpha value is -1.84. The van der Waals surface area contributed by atoms with Gasteiger partial charge in [-0.05, 0) is 30.4 Å². The molecule has 0 saturated carbocycles. The van der Waals surface area contributed by atoms with E-state index in [-0.39, 0.29) is 18.4 Å². The fourth-order valence-electron chi connectivity index (χ4n) is 3.10. The standard InChI is InChI=1S/C14H16N2O2/c15-13(17)14(8-16-18-9-14)12-7-3-5-10-4-1-2-6-11(10)12/h1-2,4,6,8,12H,3,5,7,9H2,(H2,15,17). The number of hydrogen-bond donors (Lipinski definition) is 1. The SMILES string of the molecule is NC(=O)C1(C2CCCc3ccccc32)C=NOC1. The Kier molecular flexibility index (Phi) is 2.58. The number of carbonyl (C=O) groups excluding carboxylic acids is 1. The van der Waals surface area contributed by atoms with Gasteiger partial charge in [0.25, 0.3) is 0 Å². The Bertz CT molecular complexity index is 512. The molecule has 0 bridgehead atoms. The molecule has 1 aliphatic heterocycles. The average Bonchev–Trinajstić information content (AvgIpc) is 2.88. The third kappa shape index (κ3) is 1.52. The minimum Gasteiger partial charge on any atom is -0.394 e. The number of rotatable bonds is 2. The first-order valence-electron chi connectivity index (χ1n) is 6.28. The van der Waals surface area contributed by atoms with E-state index in [9.17, 15) is 4.79 Å². The second kappa shape index (κ2) is 4.12. The van der Waals surface area contributed by atoms with E-state index in [2.05, 4.69) is 17.3 Å². The fraction of sp³-hybridized carbons (Fsp3) is 0.429. The van der Waals surface area contributed by atoms with E-state index in [1.165, 1.54) is 11.1 Å². The molecule has 1 aliphatic carbocycles. The topological polar surface area (TPSA) is 64.7 Å². The molecule has 2 aliphatic rings. The summed E-state index contributed by atoms with van der Waals surface area (Å²) >= 11 is 0. The number of amides is 1. The molecule has 1 aromatic carbocycles. The van der Waals surface area contributed by atoms with E-state index in [4.69, 9.17) is 10.6 Å². The molecule has 2 unspecified atom stereocenters. The van der Waals surface area contributed by atoms with E-state index in [1.807, 2.05) is 12.1 Å².